The van der Waals surface area contributed by atoms with E-state index < -0.39 is 4.92 Å². The molecule has 168 valence electrons. The fraction of sp³-hybridized carbons (Fsp3) is 0.375. The Bertz CT molecular complexity index is 1100. The number of nitro benzene ring substituents is 1. The highest BCUT2D eigenvalue weighted by Crippen LogP contribution is 2.23. The number of nitro groups is 1. The van der Waals surface area contributed by atoms with Crippen LogP contribution in [0.5, 0.6) is 0 Å². The van der Waals surface area contributed by atoms with Gasteiger partial charge in [-0.25, -0.2) is 0 Å². The predicted molar refractivity (Wildman–Crippen MR) is 126 cm³/mol. The second-order valence-electron chi connectivity index (χ2n) is 8.32. The van der Waals surface area contributed by atoms with Crippen LogP contribution in [0.3, 0.4) is 0 Å². The highest BCUT2D eigenvalue weighted by molar-refractivity contribution is 6.07. The lowest BCUT2D eigenvalue weighted by Gasteiger charge is -2.36. The summed E-state index contributed by atoms with van der Waals surface area (Å²) in [5.41, 5.74) is 3.72. The van der Waals surface area contributed by atoms with Crippen molar-refractivity contribution in [1.82, 2.24) is 15.2 Å². The number of nitrogens with one attached hydrogen (secondary N) is 2. The Morgan fingerprint density at radius 1 is 1.12 bits per heavy atom. The molecule has 2 heterocycles. The average Bonchev–Trinajstić information content (AvgIpc) is 3.22. The van der Waals surface area contributed by atoms with Crippen molar-refractivity contribution < 1.29 is 9.72 Å². The zero-order valence-corrected chi connectivity index (χ0v) is 18.3. The number of benzene rings is 2. The average molecular weight is 436 g/mol. The number of unbranched alkanes of at least 4 members (excludes halogenated alkanes) is 1. The van der Waals surface area contributed by atoms with Crippen molar-refractivity contribution in [3.8, 4) is 0 Å². The lowest BCUT2D eigenvalue weighted by molar-refractivity contribution is -0.384. The highest BCUT2D eigenvalue weighted by atomic mass is 16.6. The number of carbonyl (C=O) groups excluding carboxylic acids is 1. The van der Waals surface area contributed by atoms with E-state index in [1.54, 1.807) is 12.3 Å². The second-order valence-corrected chi connectivity index (χ2v) is 8.32. The van der Waals surface area contributed by atoms with Crippen LogP contribution in [0.2, 0.25) is 0 Å². The lowest BCUT2D eigenvalue weighted by Crippen LogP contribution is -2.46. The minimum absolute atomic E-state index is 0.0198. The third kappa shape index (κ3) is 5.08. The molecule has 0 radical (unpaired) electrons. The summed E-state index contributed by atoms with van der Waals surface area (Å²) in [6, 6.07) is 13.2. The highest BCUT2D eigenvalue weighted by Gasteiger charge is 2.17. The molecule has 1 aromatic heterocycles. The summed E-state index contributed by atoms with van der Waals surface area (Å²) >= 11 is 0. The molecule has 32 heavy (non-hydrogen) atoms. The van der Waals surface area contributed by atoms with Crippen LogP contribution >= 0.6 is 0 Å². The standard InChI is InChI=1S/C24H29N5O3/c1-18-5-4-6-19(15-18)28-13-11-27(12-14-28)10-3-2-9-25-24(30)22-17-26-23-8-7-20(29(31)32)16-21(22)23/h4-8,15-17,26H,2-3,9-14H2,1H3,(H,25,30). The van der Waals surface area contributed by atoms with Gasteiger partial charge >= 0.3 is 0 Å². The minimum Gasteiger partial charge on any atom is -0.369 e. The van der Waals surface area contributed by atoms with E-state index in [9.17, 15) is 14.9 Å². The third-order valence-electron chi connectivity index (χ3n) is 6.05. The Balaban J connectivity index is 1.19. The molecule has 0 spiro atoms. The van der Waals surface area contributed by atoms with Gasteiger partial charge in [0.15, 0.2) is 0 Å². The Kier molecular flexibility index (Phi) is 6.70. The summed E-state index contributed by atoms with van der Waals surface area (Å²) in [7, 11) is 0. The number of piperazine rings is 1. The SMILES string of the molecule is Cc1cccc(N2CCN(CCCCNC(=O)c3c[nH]c4ccc([N+](=O)[O-])cc34)CC2)c1. The number of carbonyl (C=O) groups is 1. The van der Waals surface area contributed by atoms with E-state index in [1.807, 2.05) is 0 Å². The Morgan fingerprint density at radius 3 is 2.69 bits per heavy atom. The largest absolute Gasteiger partial charge is 0.369 e. The van der Waals surface area contributed by atoms with E-state index in [2.05, 4.69) is 51.3 Å². The number of hydrogen-bond acceptors (Lipinski definition) is 5. The van der Waals surface area contributed by atoms with Crippen molar-refractivity contribution in [2.75, 3.05) is 44.2 Å². The molecule has 2 N–H and O–H groups in total. The zero-order valence-electron chi connectivity index (χ0n) is 18.3. The van der Waals surface area contributed by atoms with Crippen molar-refractivity contribution in [2.45, 2.75) is 19.8 Å². The van der Waals surface area contributed by atoms with Crippen LogP contribution in [0.25, 0.3) is 10.9 Å². The molecule has 1 aliphatic rings. The van der Waals surface area contributed by atoms with Crippen LogP contribution in [0.15, 0.2) is 48.7 Å². The molecule has 1 aliphatic heterocycles. The van der Waals surface area contributed by atoms with Gasteiger partial charge in [0, 0.05) is 67.6 Å². The van der Waals surface area contributed by atoms with Gasteiger partial charge < -0.3 is 15.2 Å². The molecular weight excluding hydrogens is 406 g/mol. The van der Waals surface area contributed by atoms with Gasteiger partial charge in [0.05, 0.1) is 10.5 Å². The number of anilines is 1. The maximum Gasteiger partial charge on any atom is 0.270 e. The number of nitrogens with zero attached hydrogens (tertiary/aromatic N) is 3. The molecule has 0 atom stereocenters. The maximum absolute atomic E-state index is 12.5. The predicted octanol–water partition coefficient (Wildman–Crippen LogP) is 3.72. The first-order valence-electron chi connectivity index (χ1n) is 11.1. The van der Waals surface area contributed by atoms with Crippen LogP contribution < -0.4 is 10.2 Å². The van der Waals surface area contributed by atoms with Crippen molar-refractivity contribution in [1.29, 1.82) is 0 Å². The molecule has 2 aromatic carbocycles. The third-order valence-corrected chi connectivity index (χ3v) is 6.05. The summed E-state index contributed by atoms with van der Waals surface area (Å²) in [5.74, 6) is -0.205. The lowest BCUT2D eigenvalue weighted by atomic mass is 10.1. The number of hydrogen-bond donors (Lipinski definition) is 2. The summed E-state index contributed by atoms with van der Waals surface area (Å²) < 4.78 is 0. The first-order valence-corrected chi connectivity index (χ1v) is 11.1. The van der Waals surface area contributed by atoms with Crippen LogP contribution in [-0.4, -0.2) is 60.0 Å². The van der Waals surface area contributed by atoms with Gasteiger partial charge in [0.25, 0.3) is 11.6 Å². The molecule has 0 bridgehead atoms. The molecule has 8 nitrogen and oxygen atoms in total. The Labute approximate surface area is 187 Å². The number of rotatable bonds is 8. The molecule has 4 rings (SSSR count). The molecular formula is C24H29N5O3. The molecule has 0 aliphatic carbocycles. The zero-order chi connectivity index (χ0) is 22.5. The molecule has 1 amide bonds. The number of amides is 1. The molecule has 1 fully saturated rings. The van der Waals surface area contributed by atoms with Gasteiger partial charge in [-0.15, -0.1) is 0 Å². The van der Waals surface area contributed by atoms with E-state index in [0.717, 1.165) is 45.6 Å². The van der Waals surface area contributed by atoms with E-state index in [-0.39, 0.29) is 11.6 Å². The van der Waals surface area contributed by atoms with Gasteiger partial charge in [0.1, 0.15) is 0 Å². The van der Waals surface area contributed by atoms with Crippen molar-refractivity contribution in [2.24, 2.45) is 0 Å². The van der Waals surface area contributed by atoms with Crippen LogP contribution in [0, 0.1) is 17.0 Å². The molecule has 3 aromatic rings. The number of non-ortho nitro benzene ring substituents is 1. The van der Waals surface area contributed by atoms with E-state index in [4.69, 9.17) is 0 Å². The fourth-order valence-electron chi connectivity index (χ4n) is 4.22. The number of H-pyrrole nitrogens is 1. The summed E-state index contributed by atoms with van der Waals surface area (Å²) in [6.45, 7) is 7.91. The topological polar surface area (TPSA) is 94.5 Å². The monoisotopic (exact) mass is 435 g/mol. The van der Waals surface area contributed by atoms with Crippen LogP contribution in [0.1, 0.15) is 28.8 Å². The number of fused-ring (bicyclic) bond motifs is 1. The molecule has 8 heteroatoms. The summed E-state index contributed by atoms with van der Waals surface area (Å²) in [6.07, 6.45) is 3.52. The second kappa shape index (κ2) is 9.82. The fourth-order valence-corrected chi connectivity index (χ4v) is 4.22. The normalized spacial score (nSPS) is 14.6. The van der Waals surface area contributed by atoms with Crippen molar-refractivity contribution in [3.63, 3.8) is 0 Å². The molecule has 0 unspecified atom stereocenters. The van der Waals surface area contributed by atoms with Gasteiger partial charge in [-0.1, -0.05) is 12.1 Å². The first kappa shape index (κ1) is 21.8. The number of aromatic nitrogens is 1. The van der Waals surface area contributed by atoms with E-state index >= 15 is 0 Å². The van der Waals surface area contributed by atoms with Gasteiger partial charge in [0.2, 0.25) is 0 Å². The Hall–Kier alpha value is -3.39. The van der Waals surface area contributed by atoms with Crippen molar-refractivity contribution in [3.05, 3.63) is 69.9 Å². The molecule has 0 saturated carbocycles. The minimum atomic E-state index is -0.450. The summed E-state index contributed by atoms with van der Waals surface area (Å²) in [5, 5.41) is 14.5. The van der Waals surface area contributed by atoms with E-state index in [0.29, 0.717) is 23.0 Å². The smallest absolute Gasteiger partial charge is 0.270 e. The molecule has 1 saturated heterocycles. The number of aryl methyl sites for hydroxylation is 1. The van der Waals surface area contributed by atoms with Gasteiger partial charge in [-0.2, -0.15) is 0 Å². The first-order chi connectivity index (χ1) is 15.5. The van der Waals surface area contributed by atoms with Crippen molar-refractivity contribution >= 4 is 28.2 Å². The quantitative estimate of drug-likeness (QED) is 0.320. The van der Waals surface area contributed by atoms with E-state index in [1.165, 1.54) is 23.4 Å². The van der Waals surface area contributed by atoms with Gasteiger partial charge in [-0.05, 0) is 50.1 Å². The van der Waals surface area contributed by atoms with Crippen LogP contribution in [0.4, 0.5) is 11.4 Å². The maximum atomic E-state index is 12.5. The Morgan fingerprint density at radius 2 is 1.94 bits per heavy atom. The van der Waals surface area contributed by atoms with Crippen LogP contribution in [-0.2, 0) is 0 Å². The summed E-state index contributed by atoms with van der Waals surface area (Å²) in [4.78, 5) is 31.0. The number of aromatic amines is 1. The van der Waals surface area contributed by atoms with Gasteiger partial charge in [-0.3, -0.25) is 19.8 Å².